The lowest BCUT2D eigenvalue weighted by Gasteiger charge is -2.03. The molecular formula is C9H10O2. The second-order valence-corrected chi connectivity index (χ2v) is 2.48. The summed E-state index contributed by atoms with van der Waals surface area (Å²) in [6, 6.07) is 0. The SMILES string of the molecule is CC=C1C(=O)C=CC1CC=O. The van der Waals surface area contributed by atoms with E-state index < -0.39 is 0 Å². The molecule has 0 heterocycles. The highest BCUT2D eigenvalue weighted by Crippen LogP contribution is 2.23. The van der Waals surface area contributed by atoms with E-state index in [-0.39, 0.29) is 11.7 Å². The Bertz CT molecular complexity index is 236. The first kappa shape index (κ1) is 7.92. The van der Waals surface area contributed by atoms with Gasteiger partial charge in [0.05, 0.1) is 0 Å². The van der Waals surface area contributed by atoms with Gasteiger partial charge in [-0.1, -0.05) is 12.2 Å². The van der Waals surface area contributed by atoms with Crippen molar-refractivity contribution in [1.29, 1.82) is 0 Å². The molecule has 0 aromatic carbocycles. The van der Waals surface area contributed by atoms with Crippen LogP contribution in [-0.4, -0.2) is 12.1 Å². The molecule has 2 nitrogen and oxygen atoms in total. The molecule has 0 aromatic rings. The maximum atomic E-state index is 11.0. The number of hydrogen-bond acceptors (Lipinski definition) is 2. The summed E-state index contributed by atoms with van der Waals surface area (Å²) in [5.74, 6) is 0.0735. The lowest BCUT2D eigenvalue weighted by atomic mass is 9.99. The van der Waals surface area contributed by atoms with Gasteiger partial charge in [0, 0.05) is 17.9 Å². The standard InChI is InChI=1S/C9H10O2/c1-2-8-7(5-6-10)3-4-9(8)11/h2-4,6-7H,5H2,1H3. The quantitative estimate of drug-likeness (QED) is 0.439. The highest BCUT2D eigenvalue weighted by molar-refractivity contribution is 6.07. The molecule has 0 aromatic heterocycles. The number of rotatable bonds is 2. The van der Waals surface area contributed by atoms with Crippen LogP contribution >= 0.6 is 0 Å². The summed E-state index contributed by atoms with van der Waals surface area (Å²) < 4.78 is 0. The van der Waals surface area contributed by atoms with Gasteiger partial charge in [0.25, 0.3) is 0 Å². The van der Waals surface area contributed by atoms with Crippen LogP contribution < -0.4 is 0 Å². The van der Waals surface area contributed by atoms with Crippen LogP contribution in [0, 0.1) is 5.92 Å². The number of ketones is 1. The van der Waals surface area contributed by atoms with E-state index in [0.717, 1.165) is 11.9 Å². The Morgan fingerprint density at radius 2 is 2.36 bits per heavy atom. The van der Waals surface area contributed by atoms with Crippen molar-refractivity contribution in [1.82, 2.24) is 0 Å². The summed E-state index contributed by atoms with van der Waals surface area (Å²) in [6.45, 7) is 1.82. The van der Waals surface area contributed by atoms with Crippen LogP contribution in [0.4, 0.5) is 0 Å². The summed E-state index contributed by atoms with van der Waals surface area (Å²) in [6.07, 6.45) is 6.35. The van der Waals surface area contributed by atoms with Crippen molar-refractivity contribution in [3.63, 3.8) is 0 Å². The van der Waals surface area contributed by atoms with Crippen LogP contribution in [0.1, 0.15) is 13.3 Å². The number of allylic oxidation sites excluding steroid dienone is 4. The normalized spacial score (nSPS) is 26.5. The Morgan fingerprint density at radius 3 is 2.91 bits per heavy atom. The van der Waals surface area contributed by atoms with Crippen molar-refractivity contribution in [3.05, 3.63) is 23.8 Å². The fraction of sp³-hybridized carbons (Fsp3) is 0.333. The monoisotopic (exact) mass is 150 g/mol. The number of carbonyl (C=O) groups excluding carboxylic acids is 2. The van der Waals surface area contributed by atoms with Gasteiger partial charge >= 0.3 is 0 Å². The van der Waals surface area contributed by atoms with Crippen LogP contribution in [0.25, 0.3) is 0 Å². The first-order valence-corrected chi connectivity index (χ1v) is 3.62. The molecule has 2 heteroatoms. The van der Waals surface area contributed by atoms with Gasteiger partial charge in [0.1, 0.15) is 6.29 Å². The second-order valence-electron chi connectivity index (χ2n) is 2.48. The Kier molecular flexibility index (Phi) is 2.36. The maximum absolute atomic E-state index is 11.0. The van der Waals surface area contributed by atoms with E-state index in [1.54, 1.807) is 12.2 Å². The van der Waals surface area contributed by atoms with Gasteiger partial charge in [0.15, 0.2) is 5.78 Å². The predicted molar refractivity (Wildman–Crippen MR) is 42.1 cm³/mol. The van der Waals surface area contributed by atoms with Crippen molar-refractivity contribution in [2.24, 2.45) is 5.92 Å². The van der Waals surface area contributed by atoms with Gasteiger partial charge < -0.3 is 4.79 Å². The number of hydrogen-bond donors (Lipinski definition) is 0. The van der Waals surface area contributed by atoms with E-state index in [4.69, 9.17) is 0 Å². The fourth-order valence-corrected chi connectivity index (χ4v) is 1.25. The van der Waals surface area contributed by atoms with E-state index in [0.29, 0.717) is 6.42 Å². The molecule has 1 unspecified atom stereocenters. The lowest BCUT2D eigenvalue weighted by molar-refractivity contribution is -0.111. The number of aldehydes is 1. The summed E-state index contributed by atoms with van der Waals surface area (Å²) >= 11 is 0. The van der Waals surface area contributed by atoms with Gasteiger partial charge in [-0.05, 0) is 13.0 Å². The molecule has 0 radical (unpaired) electrons. The molecule has 58 valence electrons. The molecule has 0 N–H and O–H groups in total. The third kappa shape index (κ3) is 1.45. The zero-order chi connectivity index (χ0) is 8.27. The van der Waals surface area contributed by atoms with Crippen LogP contribution in [0.3, 0.4) is 0 Å². The average Bonchev–Trinajstić information content (AvgIpc) is 2.33. The van der Waals surface area contributed by atoms with Gasteiger partial charge in [-0.2, -0.15) is 0 Å². The molecule has 1 aliphatic rings. The molecule has 1 atom stereocenters. The summed E-state index contributed by atoms with van der Waals surface area (Å²) in [5.41, 5.74) is 0.747. The Hall–Kier alpha value is -1.18. The molecule has 0 amide bonds. The van der Waals surface area contributed by atoms with E-state index in [1.807, 2.05) is 6.92 Å². The molecule has 11 heavy (non-hydrogen) atoms. The molecule has 1 rings (SSSR count). The minimum Gasteiger partial charge on any atom is -0.303 e. The minimum absolute atomic E-state index is 0.0324. The van der Waals surface area contributed by atoms with E-state index >= 15 is 0 Å². The van der Waals surface area contributed by atoms with E-state index in [9.17, 15) is 9.59 Å². The molecule has 1 aliphatic carbocycles. The van der Waals surface area contributed by atoms with Gasteiger partial charge in [-0.3, -0.25) is 4.79 Å². The smallest absolute Gasteiger partial charge is 0.181 e. The van der Waals surface area contributed by atoms with Crippen LogP contribution in [0.5, 0.6) is 0 Å². The Labute approximate surface area is 65.6 Å². The zero-order valence-corrected chi connectivity index (χ0v) is 6.41. The highest BCUT2D eigenvalue weighted by Gasteiger charge is 2.20. The van der Waals surface area contributed by atoms with Gasteiger partial charge in [0.2, 0.25) is 0 Å². The topological polar surface area (TPSA) is 34.1 Å². The first-order valence-electron chi connectivity index (χ1n) is 3.62. The second kappa shape index (κ2) is 3.28. The largest absolute Gasteiger partial charge is 0.303 e. The van der Waals surface area contributed by atoms with Gasteiger partial charge in [-0.15, -0.1) is 0 Å². The predicted octanol–water partition coefficient (Wildman–Crippen LogP) is 1.28. The van der Waals surface area contributed by atoms with Crippen molar-refractivity contribution < 1.29 is 9.59 Å². The average molecular weight is 150 g/mol. The summed E-state index contributed by atoms with van der Waals surface area (Å²) in [4.78, 5) is 21.2. The molecule has 0 bridgehead atoms. The zero-order valence-electron chi connectivity index (χ0n) is 6.41. The van der Waals surface area contributed by atoms with Crippen molar-refractivity contribution in [3.8, 4) is 0 Å². The summed E-state index contributed by atoms with van der Waals surface area (Å²) in [7, 11) is 0. The lowest BCUT2D eigenvalue weighted by Crippen LogP contribution is -2.02. The molecule has 0 fully saturated rings. The third-order valence-electron chi connectivity index (χ3n) is 1.83. The molecule has 0 spiro atoms. The highest BCUT2D eigenvalue weighted by atomic mass is 16.1. The number of carbonyl (C=O) groups is 2. The Morgan fingerprint density at radius 1 is 1.64 bits per heavy atom. The van der Waals surface area contributed by atoms with E-state index in [2.05, 4.69) is 0 Å². The van der Waals surface area contributed by atoms with Crippen LogP contribution in [-0.2, 0) is 9.59 Å². The van der Waals surface area contributed by atoms with Crippen LogP contribution in [0.15, 0.2) is 23.8 Å². The molecule has 0 saturated carbocycles. The van der Waals surface area contributed by atoms with Gasteiger partial charge in [-0.25, -0.2) is 0 Å². The van der Waals surface area contributed by atoms with E-state index in [1.165, 1.54) is 6.08 Å². The van der Waals surface area contributed by atoms with Crippen molar-refractivity contribution in [2.75, 3.05) is 0 Å². The molecule has 0 aliphatic heterocycles. The van der Waals surface area contributed by atoms with Crippen molar-refractivity contribution in [2.45, 2.75) is 13.3 Å². The maximum Gasteiger partial charge on any atom is 0.181 e. The fourth-order valence-electron chi connectivity index (χ4n) is 1.25. The molecule has 0 saturated heterocycles. The Balaban J connectivity index is 2.76. The van der Waals surface area contributed by atoms with Crippen molar-refractivity contribution >= 4 is 12.1 Å². The molecular weight excluding hydrogens is 140 g/mol. The summed E-state index contributed by atoms with van der Waals surface area (Å²) in [5, 5.41) is 0. The third-order valence-corrected chi connectivity index (χ3v) is 1.83. The van der Waals surface area contributed by atoms with Crippen LogP contribution in [0.2, 0.25) is 0 Å². The minimum atomic E-state index is 0.0324. The first-order chi connectivity index (χ1) is 5.29.